The molecule has 0 aliphatic heterocycles. The van der Waals surface area contributed by atoms with Crippen LogP contribution >= 0.6 is 0 Å². The van der Waals surface area contributed by atoms with Crippen LogP contribution in [0.3, 0.4) is 0 Å². The summed E-state index contributed by atoms with van der Waals surface area (Å²) in [6.07, 6.45) is 1.26. The molecule has 1 aromatic carbocycles. The minimum Gasteiger partial charge on any atom is -0.354 e. The Hall–Kier alpha value is -1.82. The Labute approximate surface area is 114 Å². The Morgan fingerprint density at radius 1 is 1.37 bits per heavy atom. The maximum absolute atomic E-state index is 12.0. The molecular weight excluding hydrogens is 243 g/mol. The van der Waals surface area contributed by atoms with E-state index in [0.717, 1.165) is 17.0 Å². The number of aryl methyl sites for hydroxylation is 1. The van der Waals surface area contributed by atoms with Crippen LogP contribution in [0.25, 0.3) is 0 Å². The molecule has 0 radical (unpaired) electrons. The van der Waals surface area contributed by atoms with Gasteiger partial charge in [0.1, 0.15) is 6.04 Å². The molecule has 19 heavy (non-hydrogen) atoms. The molecule has 0 saturated heterocycles. The van der Waals surface area contributed by atoms with Gasteiger partial charge in [-0.2, -0.15) is 0 Å². The lowest BCUT2D eigenvalue weighted by Crippen LogP contribution is -2.47. The van der Waals surface area contributed by atoms with Gasteiger partial charge in [-0.25, -0.2) is 5.06 Å². The third kappa shape index (κ3) is 5.13. The normalized spacial score (nSPS) is 11.7. The van der Waals surface area contributed by atoms with Crippen LogP contribution < -0.4 is 5.32 Å². The summed E-state index contributed by atoms with van der Waals surface area (Å²) in [6.45, 7) is 0. The third-order valence-electron chi connectivity index (χ3n) is 2.82. The van der Waals surface area contributed by atoms with Crippen molar-refractivity contribution in [3.05, 3.63) is 35.9 Å². The number of likely N-dealkylation sites (N-methyl/N-ethyl adjacent to an activating group) is 1. The van der Waals surface area contributed by atoms with E-state index in [1.54, 1.807) is 0 Å². The van der Waals surface area contributed by atoms with Crippen molar-refractivity contribution in [2.45, 2.75) is 18.9 Å². The number of hydroxylamine groups is 2. The predicted molar refractivity (Wildman–Crippen MR) is 75.4 cm³/mol. The van der Waals surface area contributed by atoms with Gasteiger partial charge in [0.25, 0.3) is 5.91 Å². The molecule has 0 saturated carbocycles. The number of nitrogens with zero attached hydrogens (tertiary/aromatic N) is 1. The van der Waals surface area contributed by atoms with Gasteiger partial charge in [0.2, 0.25) is 7.85 Å². The second-order valence-electron chi connectivity index (χ2n) is 4.30. The number of carbonyl (C=O) groups excluding carboxylic acids is 2. The zero-order chi connectivity index (χ0) is 14.3. The second kappa shape index (κ2) is 7.58. The summed E-state index contributed by atoms with van der Waals surface area (Å²) in [6, 6.07) is 9.27. The van der Waals surface area contributed by atoms with Gasteiger partial charge >= 0.3 is 0 Å². The molecule has 6 heteroatoms. The second-order valence-corrected chi connectivity index (χ2v) is 4.30. The molecule has 102 valence electrons. The van der Waals surface area contributed by atoms with Crippen LogP contribution in [-0.2, 0) is 16.1 Å². The van der Waals surface area contributed by atoms with E-state index < -0.39 is 6.04 Å². The van der Waals surface area contributed by atoms with Crippen molar-refractivity contribution in [3.63, 3.8) is 0 Å². The Bertz CT molecular complexity index is 425. The van der Waals surface area contributed by atoms with Crippen LogP contribution in [0.15, 0.2) is 30.3 Å². The first-order chi connectivity index (χ1) is 9.04. The van der Waals surface area contributed by atoms with Gasteiger partial charge in [0.05, 0.1) is 7.11 Å². The SMILES string of the molecule is BC(=O)N[C@@H](CCc1ccccc1)C(=O)N(C)OC. The van der Waals surface area contributed by atoms with E-state index in [-0.39, 0.29) is 11.7 Å². The largest absolute Gasteiger partial charge is 0.354 e. The summed E-state index contributed by atoms with van der Waals surface area (Å²) in [5.41, 5.74) is 1.13. The summed E-state index contributed by atoms with van der Waals surface area (Å²) in [7, 11) is 4.34. The molecule has 0 fully saturated rings. The maximum Gasteiger partial charge on any atom is 0.268 e. The molecular formula is C13H19BN2O3. The van der Waals surface area contributed by atoms with Crippen molar-refractivity contribution in [2.75, 3.05) is 14.2 Å². The number of rotatable bonds is 6. The fraction of sp³-hybridized carbons (Fsp3) is 0.385. The lowest BCUT2D eigenvalue weighted by molar-refractivity contribution is -0.170. The number of nitrogens with one attached hydrogen (secondary N) is 1. The van der Waals surface area contributed by atoms with Gasteiger partial charge in [0.15, 0.2) is 5.81 Å². The van der Waals surface area contributed by atoms with Crippen LogP contribution in [0.1, 0.15) is 12.0 Å². The minimum absolute atomic E-state index is 0.226. The molecule has 0 bridgehead atoms. The highest BCUT2D eigenvalue weighted by Crippen LogP contribution is 2.07. The van der Waals surface area contributed by atoms with Gasteiger partial charge < -0.3 is 5.32 Å². The van der Waals surface area contributed by atoms with Crippen molar-refractivity contribution in [1.82, 2.24) is 10.4 Å². The molecule has 1 rings (SSSR count). The number of hydrogen-bond donors (Lipinski definition) is 1. The van der Waals surface area contributed by atoms with Crippen LogP contribution in [0.2, 0.25) is 0 Å². The zero-order valence-corrected chi connectivity index (χ0v) is 11.6. The van der Waals surface area contributed by atoms with Crippen molar-refractivity contribution in [1.29, 1.82) is 0 Å². The Balaban J connectivity index is 2.64. The molecule has 0 spiro atoms. The van der Waals surface area contributed by atoms with E-state index in [4.69, 9.17) is 4.84 Å². The minimum atomic E-state index is -0.567. The number of benzene rings is 1. The summed E-state index contributed by atoms with van der Waals surface area (Å²) >= 11 is 0. The number of amides is 2. The molecule has 2 amide bonds. The molecule has 0 heterocycles. The summed E-state index contributed by atoms with van der Waals surface area (Å²) < 4.78 is 0. The maximum atomic E-state index is 12.0. The average molecular weight is 262 g/mol. The molecule has 1 aromatic rings. The molecule has 0 aromatic heterocycles. The van der Waals surface area contributed by atoms with Crippen molar-refractivity contribution >= 4 is 19.6 Å². The van der Waals surface area contributed by atoms with Crippen LogP contribution in [0.5, 0.6) is 0 Å². The zero-order valence-electron chi connectivity index (χ0n) is 11.6. The monoisotopic (exact) mass is 262 g/mol. The molecule has 0 unspecified atom stereocenters. The topological polar surface area (TPSA) is 58.6 Å². The van der Waals surface area contributed by atoms with E-state index in [2.05, 4.69) is 5.32 Å². The smallest absolute Gasteiger partial charge is 0.268 e. The van der Waals surface area contributed by atoms with Crippen LogP contribution in [-0.4, -0.2) is 44.8 Å². The summed E-state index contributed by atoms with van der Waals surface area (Å²) in [4.78, 5) is 28.0. The van der Waals surface area contributed by atoms with Gasteiger partial charge in [0, 0.05) is 7.05 Å². The number of carbonyl (C=O) groups is 2. The van der Waals surface area contributed by atoms with Crippen molar-refractivity contribution < 1.29 is 14.4 Å². The Morgan fingerprint density at radius 2 is 2.00 bits per heavy atom. The highest BCUT2D eigenvalue weighted by atomic mass is 16.7. The van der Waals surface area contributed by atoms with Gasteiger partial charge in [-0.1, -0.05) is 30.3 Å². The lowest BCUT2D eigenvalue weighted by atomic mass is 10.0. The lowest BCUT2D eigenvalue weighted by Gasteiger charge is -2.22. The van der Waals surface area contributed by atoms with Crippen molar-refractivity contribution in [2.24, 2.45) is 0 Å². The fourth-order valence-corrected chi connectivity index (χ4v) is 1.77. The molecule has 1 atom stereocenters. The van der Waals surface area contributed by atoms with E-state index in [9.17, 15) is 9.59 Å². The van der Waals surface area contributed by atoms with Crippen LogP contribution in [0.4, 0.5) is 4.79 Å². The van der Waals surface area contributed by atoms with Gasteiger partial charge in [-0.3, -0.25) is 14.4 Å². The Kier molecular flexibility index (Phi) is 6.08. The fourth-order valence-electron chi connectivity index (χ4n) is 1.77. The van der Waals surface area contributed by atoms with E-state index >= 15 is 0 Å². The molecule has 5 nitrogen and oxygen atoms in total. The molecule has 0 aliphatic carbocycles. The van der Waals surface area contributed by atoms with Crippen molar-refractivity contribution in [3.8, 4) is 0 Å². The standard InChI is InChI=1S/C13H19BN2O3/c1-16(19-2)12(17)11(15-13(14)18)9-8-10-6-4-3-5-7-10/h3-7,11H,8-9,14H2,1-2H3,(H,15,18)/t11-/m0/s1. The van der Waals surface area contributed by atoms with E-state index in [1.165, 1.54) is 22.0 Å². The predicted octanol–water partition coefficient (Wildman–Crippen LogP) is 0.350. The quantitative estimate of drug-likeness (QED) is 0.594. The number of hydrogen-bond acceptors (Lipinski definition) is 3. The first kappa shape index (κ1) is 15.2. The molecule has 1 N–H and O–H groups in total. The highest BCUT2D eigenvalue weighted by Gasteiger charge is 2.22. The summed E-state index contributed by atoms with van der Waals surface area (Å²) in [5.74, 6) is -0.482. The van der Waals surface area contributed by atoms with Gasteiger partial charge in [-0.15, -0.1) is 0 Å². The average Bonchev–Trinajstić information content (AvgIpc) is 2.42. The molecule has 0 aliphatic rings. The first-order valence-corrected chi connectivity index (χ1v) is 6.17. The third-order valence-corrected chi connectivity index (χ3v) is 2.82. The van der Waals surface area contributed by atoms with Gasteiger partial charge in [-0.05, 0) is 18.4 Å². The summed E-state index contributed by atoms with van der Waals surface area (Å²) in [5, 5.41) is 3.79. The van der Waals surface area contributed by atoms with E-state index in [1.807, 2.05) is 30.3 Å². The Morgan fingerprint density at radius 3 is 2.53 bits per heavy atom. The first-order valence-electron chi connectivity index (χ1n) is 6.17. The van der Waals surface area contributed by atoms with E-state index in [0.29, 0.717) is 6.42 Å². The van der Waals surface area contributed by atoms with Crippen LogP contribution in [0, 0.1) is 0 Å². The highest BCUT2D eigenvalue weighted by molar-refractivity contribution is 6.57.